The summed E-state index contributed by atoms with van der Waals surface area (Å²) in [5.74, 6) is -0.261. The van der Waals surface area contributed by atoms with Gasteiger partial charge in [0.05, 0.1) is 18.4 Å². The van der Waals surface area contributed by atoms with E-state index in [0.29, 0.717) is 12.2 Å². The van der Waals surface area contributed by atoms with Gasteiger partial charge in [-0.15, -0.1) is 5.10 Å². The molecule has 0 fully saturated rings. The maximum absolute atomic E-state index is 12.2. The summed E-state index contributed by atoms with van der Waals surface area (Å²) < 4.78 is 1.44. The topological polar surface area (TPSA) is 97.4 Å². The first kappa shape index (κ1) is 16.1. The molecule has 1 aromatic rings. The predicted molar refractivity (Wildman–Crippen MR) is 73.5 cm³/mol. The van der Waals surface area contributed by atoms with Crippen LogP contribution < -0.4 is 5.73 Å². The molecule has 8 heteroatoms. The monoisotopic (exact) mass is 282 g/mol. The van der Waals surface area contributed by atoms with Crippen molar-refractivity contribution in [2.45, 2.75) is 26.4 Å². The van der Waals surface area contributed by atoms with E-state index >= 15 is 0 Å². The summed E-state index contributed by atoms with van der Waals surface area (Å²) in [5.41, 5.74) is 6.07. The van der Waals surface area contributed by atoms with Gasteiger partial charge in [-0.1, -0.05) is 12.1 Å². The van der Waals surface area contributed by atoms with Crippen molar-refractivity contribution in [1.82, 2.24) is 24.8 Å². The van der Waals surface area contributed by atoms with Crippen molar-refractivity contribution in [1.29, 1.82) is 0 Å². The number of hydrogen-bond acceptors (Lipinski definition) is 5. The van der Waals surface area contributed by atoms with E-state index in [4.69, 9.17) is 5.73 Å². The summed E-state index contributed by atoms with van der Waals surface area (Å²) in [7, 11) is 3.34. The number of likely N-dealkylation sites (N-methyl/N-ethyl adjacent to an activating group) is 1. The molecule has 8 nitrogen and oxygen atoms in total. The fourth-order valence-electron chi connectivity index (χ4n) is 1.61. The van der Waals surface area contributed by atoms with Gasteiger partial charge in [0.1, 0.15) is 6.54 Å². The Morgan fingerprint density at radius 2 is 2.05 bits per heavy atom. The first-order valence-corrected chi connectivity index (χ1v) is 6.55. The lowest BCUT2D eigenvalue weighted by Crippen LogP contribution is -2.42. The highest BCUT2D eigenvalue weighted by Crippen LogP contribution is 1.99. The highest BCUT2D eigenvalue weighted by atomic mass is 16.2. The van der Waals surface area contributed by atoms with E-state index in [1.807, 2.05) is 6.92 Å². The minimum absolute atomic E-state index is 0.0632. The van der Waals surface area contributed by atoms with Gasteiger partial charge in [-0.3, -0.25) is 9.59 Å². The van der Waals surface area contributed by atoms with Crippen LogP contribution in [0.1, 0.15) is 19.0 Å². The molecule has 0 atom stereocenters. The quantitative estimate of drug-likeness (QED) is 0.696. The Kier molecular flexibility index (Phi) is 6.10. The second kappa shape index (κ2) is 7.59. The fraction of sp³-hybridized carbons (Fsp3) is 0.667. The van der Waals surface area contributed by atoms with Crippen LogP contribution in [0.2, 0.25) is 0 Å². The first-order chi connectivity index (χ1) is 9.47. The summed E-state index contributed by atoms with van der Waals surface area (Å²) in [6.07, 6.45) is 2.42. The van der Waals surface area contributed by atoms with Gasteiger partial charge in [0, 0.05) is 27.2 Å². The molecule has 20 heavy (non-hydrogen) atoms. The summed E-state index contributed by atoms with van der Waals surface area (Å²) in [6.45, 7) is 2.93. The summed E-state index contributed by atoms with van der Waals surface area (Å²) in [4.78, 5) is 26.9. The normalized spacial score (nSPS) is 10.4. The molecule has 0 radical (unpaired) electrons. The van der Waals surface area contributed by atoms with Gasteiger partial charge in [-0.05, 0) is 6.42 Å². The van der Waals surface area contributed by atoms with E-state index in [1.165, 1.54) is 14.5 Å². The van der Waals surface area contributed by atoms with Crippen LogP contribution in [-0.2, 0) is 22.7 Å². The first-order valence-electron chi connectivity index (χ1n) is 6.55. The number of carbonyl (C=O) groups excluding carboxylic acids is 2. The lowest BCUT2D eigenvalue weighted by Gasteiger charge is -2.23. The van der Waals surface area contributed by atoms with E-state index in [9.17, 15) is 9.59 Å². The van der Waals surface area contributed by atoms with Crippen LogP contribution >= 0.6 is 0 Å². The second-order valence-electron chi connectivity index (χ2n) is 4.72. The minimum Gasteiger partial charge on any atom is -0.347 e. The van der Waals surface area contributed by atoms with Crippen LogP contribution in [0.15, 0.2) is 6.20 Å². The number of rotatable bonds is 7. The third-order valence-corrected chi connectivity index (χ3v) is 2.76. The smallest absolute Gasteiger partial charge is 0.244 e. The standard InChI is InChI=1S/C12H22N6O2/c1-4-5-17(8-11(19)16(2)3)12(20)9-18-7-10(6-13)14-15-18/h7H,4-6,8-9,13H2,1-3H3. The zero-order valence-electron chi connectivity index (χ0n) is 12.2. The third-order valence-electron chi connectivity index (χ3n) is 2.76. The van der Waals surface area contributed by atoms with Crippen molar-refractivity contribution in [3.63, 3.8) is 0 Å². The lowest BCUT2D eigenvalue weighted by atomic mass is 10.3. The van der Waals surface area contributed by atoms with Crippen LogP contribution in [0.4, 0.5) is 0 Å². The second-order valence-corrected chi connectivity index (χ2v) is 4.72. The van der Waals surface area contributed by atoms with E-state index in [2.05, 4.69) is 10.3 Å². The minimum atomic E-state index is -0.157. The van der Waals surface area contributed by atoms with Crippen molar-refractivity contribution >= 4 is 11.8 Å². The van der Waals surface area contributed by atoms with Gasteiger partial charge in [-0.25, -0.2) is 4.68 Å². The molecule has 1 heterocycles. The van der Waals surface area contributed by atoms with Crippen LogP contribution in [0.5, 0.6) is 0 Å². The Labute approximate surface area is 118 Å². The molecule has 0 saturated heterocycles. The van der Waals surface area contributed by atoms with E-state index in [0.717, 1.165) is 6.42 Å². The molecule has 1 aromatic heterocycles. The summed E-state index contributed by atoms with van der Waals surface area (Å²) >= 11 is 0. The molecule has 0 saturated carbocycles. The van der Waals surface area contributed by atoms with Crippen LogP contribution in [0, 0.1) is 0 Å². The molecule has 2 N–H and O–H groups in total. The molecule has 0 unspecified atom stereocenters. The number of nitrogens with two attached hydrogens (primary N) is 1. The van der Waals surface area contributed by atoms with Gasteiger partial charge >= 0.3 is 0 Å². The van der Waals surface area contributed by atoms with Crippen molar-refractivity contribution in [2.75, 3.05) is 27.2 Å². The molecule has 0 aliphatic heterocycles. The van der Waals surface area contributed by atoms with Crippen molar-refractivity contribution in [3.05, 3.63) is 11.9 Å². The Morgan fingerprint density at radius 3 is 2.55 bits per heavy atom. The van der Waals surface area contributed by atoms with Gasteiger partial charge in [0.2, 0.25) is 11.8 Å². The van der Waals surface area contributed by atoms with Crippen LogP contribution in [-0.4, -0.2) is 63.8 Å². The van der Waals surface area contributed by atoms with Crippen molar-refractivity contribution in [2.24, 2.45) is 5.73 Å². The van der Waals surface area contributed by atoms with Gasteiger partial charge in [-0.2, -0.15) is 0 Å². The molecule has 1 rings (SSSR count). The van der Waals surface area contributed by atoms with E-state index in [-0.39, 0.29) is 31.4 Å². The SMILES string of the molecule is CCCN(CC(=O)N(C)C)C(=O)Cn1cc(CN)nn1. The van der Waals surface area contributed by atoms with Crippen LogP contribution in [0.25, 0.3) is 0 Å². The molecule has 112 valence electrons. The molecule has 0 aliphatic rings. The van der Waals surface area contributed by atoms with Crippen molar-refractivity contribution in [3.8, 4) is 0 Å². The molecule has 2 amide bonds. The van der Waals surface area contributed by atoms with E-state index in [1.54, 1.807) is 20.3 Å². The number of aromatic nitrogens is 3. The maximum atomic E-state index is 12.2. The largest absolute Gasteiger partial charge is 0.347 e. The van der Waals surface area contributed by atoms with Crippen LogP contribution in [0.3, 0.4) is 0 Å². The maximum Gasteiger partial charge on any atom is 0.244 e. The number of amides is 2. The Balaban J connectivity index is 2.65. The zero-order chi connectivity index (χ0) is 15.1. The number of carbonyl (C=O) groups is 2. The highest BCUT2D eigenvalue weighted by molar-refractivity contribution is 5.84. The number of hydrogen-bond donors (Lipinski definition) is 1. The average Bonchev–Trinajstić information content (AvgIpc) is 2.85. The van der Waals surface area contributed by atoms with Crippen molar-refractivity contribution < 1.29 is 9.59 Å². The van der Waals surface area contributed by atoms with Gasteiger partial charge in [0.15, 0.2) is 0 Å². The number of nitrogens with zero attached hydrogens (tertiary/aromatic N) is 5. The van der Waals surface area contributed by atoms with Gasteiger partial charge < -0.3 is 15.5 Å². The summed E-state index contributed by atoms with van der Waals surface area (Å²) in [6, 6.07) is 0. The summed E-state index contributed by atoms with van der Waals surface area (Å²) in [5, 5.41) is 7.65. The lowest BCUT2D eigenvalue weighted by molar-refractivity contribution is -0.139. The van der Waals surface area contributed by atoms with Gasteiger partial charge in [0.25, 0.3) is 0 Å². The molecular weight excluding hydrogens is 260 g/mol. The Hall–Kier alpha value is -1.96. The molecular formula is C12H22N6O2. The molecule has 0 bridgehead atoms. The Bertz CT molecular complexity index is 457. The molecule has 0 aliphatic carbocycles. The molecule has 0 aromatic carbocycles. The van der Waals surface area contributed by atoms with E-state index < -0.39 is 0 Å². The third kappa shape index (κ3) is 4.61. The molecule has 0 spiro atoms. The average molecular weight is 282 g/mol. The zero-order valence-corrected chi connectivity index (χ0v) is 12.2. The Morgan fingerprint density at radius 1 is 1.35 bits per heavy atom. The fourth-order valence-corrected chi connectivity index (χ4v) is 1.61. The predicted octanol–water partition coefficient (Wildman–Crippen LogP) is -0.936. The highest BCUT2D eigenvalue weighted by Gasteiger charge is 2.18.